The van der Waals surface area contributed by atoms with Gasteiger partial charge in [0.2, 0.25) is 0 Å². The summed E-state index contributed by atoms with van der Waals surface area (Å²) in [5, 5.41) is 0. The molecule has 0 aromatic heterocycles. The Balaban J connectivity index is 3.41. The summed E-state index contributed by atoms with van der Waals surface area (Å²) in [6.45, 7) is -1.90. The fourth-order valence-electron chi connectivity index (χ4n) is 1.34. The molecule has 108 valence electrons. The van der Waals surface area contributed by atoms with Crippen molar-refractivity contribution in [1.82, 2.24) is 4.31 Å². The molecule has 0 saturated carbocycles. The topological polar surface area (TPSA) is 70.1 Å². The van der Waals surface area contributed by atoms with Crippen molar-refractivity contribution < 1.29 is 17.8 Å². The summed E-state index contributed by atoms with van der Waals surface area (Å²) in [5.41, 5.74) is 0.274. The van der Waals surface area contributed by atoms with Crippen LogP contribution in [0, 0.1) is 0 Å². The number of rotatable bonds is 6. The van der Waals surface area contributed by atoms with E-state index in [-0.39, 0.29) is 12.3 Å². The first-order chi connectivity index (χ1) is 8.73. The van der Waals surface area contributed by atoms with E-state index in [0.29, 0.717) is 0 Å². The van der Waals surface area contributed by atoms with Crippen molar-refractivity contribution in [1.29, 1.82) is 0 Å². The van der Waals surface area contributed by atoms with Gasteiger partial charge < -0.3 is 9.42 Å². The van der Waals surface area contributed by atoms with E-state index < -0.39 is 16.9 Å². The van der Waals surface area contributed by atoms with Crippen molar-refractivity contribution >= 4 is 34.3 Å². The van der Waals surface area contributed by atoms with Gasteiger partial charge in [-0.3, -0.25) is 0 Å². The van der Waals surface area contributed by atoms with Gasteiger partial charge >= 0.3 is 16.9 Å². The first-order valence-electron chi connectivity index (χ1n) is 5.49. The molecule has 0 heterocycles. The number of hydrogen-bond donors (Lipinski definition) is 1. The third-order valence-electron chi connectivity index (χ3n) is 2.18. The number of nitrogens with zero attached hydrogens (tertiary/aromatic N) is 2. The molecule has 1 aromatic rings. The van der Waals surface area contributed by atoms with Gasteiger partial charge in [-0.25, -0.2) is 0 Å². The van der Waals surface area contributed by atoms with E-state index in [1.165, 1.54) is 14.1 Å². The van der Waals surface area contributed by atoms with Crippen LogP contribution in [0.1, 0.15) is 6.92 Å². The minimum atomic E-state index is -3.94. The van der Waals surface area contributed by atoms with Gasteiger partial charge in [0, 0.05) is 14.1 Å². The highest BCUT2D eigenvalue weighted by Crippen LogP contribution is 2.51. The third kappa shape index (κ3) is 3.75. The second-order valence-corrected chi connectivity index (χ2v) is 9.11. The highest BCUT2D eigenvalue weighted by atomic mass is 32.5. The zero-order chi connectivity index (χ0) is 14.7. The summed E-state index contributed by atoms with van der Waals surface area (Å²) in [6.07, 6.45) is 0. The number of hydrogen-bond acceptors (Lipinski definition) is 4. The van der Waals surface area contributed by atoms with Crippen molar-refractivity contribution in [2.75, 3.05) is 24.8 Å². The monoisotopic (exact) mass is 324 g/mol. The van der Waals surface area contributed by atoms with E-state index in [1.807, 2.05) is 0 Å². The second kappa shape index (κ2) is 6.30. The molecule has 19 heavy (non-hydrogen) atoms. The Bertz CT molecular complexity index is 562. The normalized spacial score (nSPS) is 15.2. The summed E-state index contributed by atoms with van der Waals surface area (Å²) in [4.78, 5) is 10.2. The lowest BCUT2D eigenvalue weighted by Crippen LogP contribution is -2.38. The highest BCUT2D eigenvalue weighted by Gasteiger charge is 2.37. The van der Waals surface area contributed by atoms with Crippen LogP contribution >= 0.6 is 6.64 Å². The lowest BCUT2D eigenvalue weighted by molar-refractivity contribution is 0.327. The van der Waals surface area contributed by atoms with Crippen molar-refractivity contribution in [2.45, 2.75) is 6.92 Å². The van der Waals surface area contributed by atoms with Gasteiger partial charge in [-0.2, -0.15) is 16.8 Å². The smallest absolute Gasteiger partial charge is 0.310 e. The Labute approximate surface area is 119 Å². The SMILES string of the molecule is CCOP(O)(=S)N(c1ccccc1)S(=O)(=O)N(C)C. The zero-order valence-corrected chi connectivity index (χ0v) is 13.5. The van der Waals surface area contributed by atoms with Crippen LogP contribution in [0.2, 0.25) is 0 Å². The predicted octanol–water partition coefficient (Wildman–Crippen LogP) is 1.55. The molecule has 6 nitrogen and oxygen atoms in total. The Morgan fingerprint density at radius 2 is 1.84 bits per heavy atom. The van der Waals surface area contributed by atoms with Crippen LogP contribution in [0.5, 0.6) is 0 Å². The quantitative estimate of drug-likeness (QED) is 0.804. The van der Waals surface area contributed by atoms with Crippen LogP contribution in [-0.4, -0.2) is 38.3 Å². The van der Waals surface area contributed by atoms with Gasteiger partial charge in [0.15, 0.2) is 0 Å². The average molecular weight is 324 g/mol. The summed E-state index contributed by atoms with van der Waals surface area (Å²) < 4.78 is 31.5. The summed E-state index contributed by atoms with van der Waals surface area (Å²) >= 11 is 4.98. The zero-order valence-electron chi connectivity index (χ0n) is 10.9. The first-order valence-corrected chi connectivity index (χ1v) is 9.51. The Kier molecular flexibility index (Phi) is 5.49. The largest absolute Gasteiger partial charge is 0.329 e. The van der Waals surface area contributed by atoms with Crippen LogP contribution in [-0.2, 0) is 26.5 Å². The number of anilines is 1. The number of para-hydroxylation sites is 1. The Morgan fingerprint density at radius 3 is 2.26 bits per heavy atom. The van der Waals surface area contributed by atoms with E-state index in [0.717, 1.165) is 8.38 Å². The molecule has 0 bridgehead atoms. The average Bonchev–Trinajstić information content (AvgIpc) is 2.29. The molecule has 9 heteroatoms. The molecule has 0 aliphatic carbocycles. The summed E-state index contributed by atoms with van der Waals surface area (Å²) in [7, 11) is -1.20. The molecule has 1 unspecified atom stereocenters. The molecule has 1 rings (SSSR count). The van der Waals surface area contributed by atoms with Gasteiger partial charge in [-0.15, -0.1) is 0 Å². The van der Waals surface area contributed by atoms with Gasteiger partial charge in [0.05, 0.1) is 12.3 Å². The standard InChI is InChI=1S/C10H17N2O4PS2/c1-4-16-17(13,18)12(19(14,15)11(2)3)10-8-6-5-7-9-10/h5-9H,4H2,1-3H3,(H,13,18). The van der Waals surface area contributed by atoms with Crippen LogP contribution in [0.3, 0.4) is 0 Å². The van der Waals surface area contributed by atoms with Crippen molar-refractivity contribution in [3.05, 3.63) is 30.3 Å². The molecule has 0 radical (unpaired) electrons. The summed E-state index contributed by atoms with van der Waals surface area (Å²) in [6, 6.07) is 8.17. The van der Waals surface area contributed by atoms with E-state index in [2.05, 4.69) is 0 Å². The van der Waals surface area contributed by atoms with Crippen LogP contribution in [0.25, 0.3) is 0 Å². The summed E-state index contributed by atoms with van der Waals surface area (Å²) in [5.74, 6) is 0. The fraction of sp³-hybridized carbons (Fsp3) is 0.400. The highest BCUT2D eigenvalue weighted by molar-refractivity contribution is 8.16. The molecule has 0 aliphatic rings. The van der Waals surface area contributed by atoms with E-state index in [9.17, 15) is 13.3 Å². The minimum absolute atomic E-state index is 0.125. The van der Waals surface area contributed by atoms with Gasteiger partial charge in [-0.05, 0) is 30.9 Å². The predicted molar refractivity (Wildman–Crippen MR) is 79.7 cm³/mol. The maximum Gasteiger partial charge on any atom is 0.310 e. The van der Waals surface area contributed by atoms with E-state index >= 15 is 0 Å². The molecule has 1 N–H and O–H groups in total. The molecule has 0 saturated heterocycles. The molecular weight excluding hydrogens is 307 g/mol. The maximum atomic E-state index is 12.3. The minimum Gasteiger partial charge on any atom is -0.329 e. The molecule has 1 aromatic carbocycles. The maximum absolute atomic E-state index is 12.3. The second-order valence-electron chi connectivity index (χ2n) is 3.78. The number of benzene rings is 1. The molecule has 0 amide bonds. The fourth-order valence-corrected chi connectivity index (χ4v) is 5.88. The van der Waals surface area contributed by atoms with Crippen LogP contribution in [0.4, 0.5) is 5.69 Å². The van der Waals surface area contributed by atoms with Crippen molar-refractivity contribution in [3.63, 3.8) is 0 Å². The van der Waals surface area contributed by atoms with Gasteiger partial charge in [0.25, 0.3) is 0 Å². The van der Waals surface area contributed by atoms with Crippen molar-refractivity contribution in [2.24, 2.45) is 0 Å². The van der Waals surface area contributed by atoms with E-state index in [4.69, 9.17) is 16.3 Å². The molecular formula is C10H17N2O4PS2. The van der Waals surface area contributed by atoms with Crippen LogP contribution < -0.4 is 4.08 Å². The van der Waals surface area contributed by atoms with Gasteiger partial charge in [0.1, 0.15) is 0 Å². The Hall–Kier alpha value is -0.500. The molecule has 1 atom stereocenters. The van der Waals surface area contributed by atoms with Crippen molar-refractivity contribution in [3.8, 4) is 0 Å². The lowest BCUT2D eigenvalue weighted by Gasteiger charge is -2.32. The molecule has 0 aliphatic heterocycles. The molecule has 0 fully saturated rings. The van der Waals surface area contributed by atoms with E-state index in [1.54, 1.807) is 37.3 Å². The lowest BCUT2D eigenvalue weighted by atomic mass is 10.3. The molecule has 0 spiro atoms. The van der Waals surface area contributed by atoms with Crippen LogP contribution in [0.15, 0.2) is 30.3 Å². The first kappa shape index (κ1) is 16.6. The Morgan fingerprint density at radius 1 is 1.32 bits per heavy atom. The van der Waals surface area contributed by atoms with Gasteiger partial charge in [-0.1, -0.05) is 18.2 Å². The third-order valence-corrected chi connectivity index (χ3v) is 7.44.